The van der Waals surface area contributed by atoms with E-state index in [9.17, 15) is 14.7 Å². The normalized spacial score (nSPS) is 26.8. The Morgan fingerprint density at radius 1 is 1.20 bits per heavy atom. The molecule has 0 spiro atoms. The summed E-state index contributed by atoms with van der Waals surface area (Å²) in [4.78, 5) is 25.9. The predicted octanol–water partition coefficient (Wildman–Crippen LogP) is 3.12. The van der Waals surface area contributed by atoms with Gasteiger partial charge < -0.3 is 19.5 Å². The molecule has 6 nitrogen and oxygen atoms in total. The van der Waals surface area contributed by atoms with Crippen molar-refractivity contribution >= 4 is 12.1 Å². The minimum atomic E-state index is -0.802. The second-order valence-electron chi connectivity index (χ2n) is 8.38. The van der Waals surface area contributed by atoms with E-state index in [4.69, 9.17) is 9.47 Å². The highest BCUT2D eigenvalue weighted by atomic mass is 16.6. The number of hydrogen-bond acceptors (Lipinski definition) is 5. The summed E-state index contributed by atoms with van der Waals surface area (Å²) in [5.74, 6) is -0.148. The maximum absolute atomic E-state index is 12.2. The lowest BCUT2D eigenvalue weighted by Crippen LogP contribution is -2.52. The fourth-order valence-electron chi connectivity index (χ4n) is 3.96. The maximum atomic E-state index is 12.2. The Labute approximate surface area is 150 Å². The summed E-state index contributed by atoms with van der Waals surface area (Å²) in [7, 11) is 0. The Morgan fingerprint density at radius 3 is 2.40 bits per heavy atom. The summed E-state index contributed by atoms with van der Waals surface area (Å²) in [6.07, 6.45) is 4.14. The average Bonchev–Trinajstić information content (AvgIpc) is 2.54. The van der Waals surface area contributed by atoms with Crippen molar-refractivity contribution in [2.24, 2.45) is 11.8 Å². The van der Waals surface area contributed by atoms with Gasteiger partial charge in [0.05, 0.1) is 18.1 Å². The first-order valence-electron chi connectivity index (χ1n) is 9.51. The molecule has 2 rings (SSSR count). The van der Waals surface area contributed by atoms with Crippen molar-refractivity contribution in [3.8, 4) is 0 Å². The molecule has 0 unspecified atom stereocenters. The minimum absolute atomic E-state index is 0.0939. The quantitative estimate of drug-likeness (QED) is 0.787. The van der Waals surface area contributed by atoms with Gasteiger partial charge in [0.1, 0.15) is 5.60 Å². The van der Waals surface area contributed by atoms with Gasteiger partial charge in [-0.05, 0) is 65.7 Å². The molecule has 1 heterocycles. The smallest absolute Gasteiger partial charge is 0.410 e. The van der Waals surface area contributed by atoms with Crippen molar-refractivity contribution in [1.82, 2.24) is 4.90 Å². The van der Waals surface area contributed by atoms with Crippen LogP contribution in [0.2, 0.25) is 0 Å². The third-order valence-corrected chi connectivity index (χ3v) is 5.34. The SMILES string of the molecule is CCOC(=O)[C@@H]1CCC[C@@H](C2(O)CCN(C(=O)OC(C)(C)C)CC2)C1. The fraction of sp³-hybridized carbons (Fsp3) is 0.895. The van der Waals surface area contributed by atoms with Gasteiger partial charge in [0.25, 0.3) is 0 Å². The minimum Gasteiger partial charge on any atom is -0.466 e. The fourth-order valence-corrected chi connectivity index (χ4v) is 3.96. The van der Waals surface area contributed by atoms with E-state index in [1.54, 1.807) is 4.90 Å². The third kappa shape index (κ3) is 5.33. The lowest BCUT2D eigenvalue weighted by atomic mass is 9.69. The zero-order chi connectivity index (χ0) is 18.7. The van der Waals surface area contributed by atoms with E-state index in [-0.39, 0.29) is 23.9 Å². The topological polar surface area (TPSA) is 76.1 Å². The van der Waals surface area contributed by atoms with Crippen LogP contribution in [-0.4, -0.2) is 53.0 Å². The molecule has 2 atom stereocenters. The van der Waals surface area contributed by atoms with E-state index in [0.29, 0.717) is 39.0 Å². The van der Waals surface area contributed by atoms with Gasteiger partial charge >= 0.3 is 12.1 Å². The number of amides is 1. The van der Waals surface area contributed by atoms with Gasteiger partial charge in [-0.1, -0.05) is 6.42 Å². The van der Waals surface area contributed by atoms with Crippen LogP contribution >= 0.6 is 0 Å². The second-order valence-corrected chi connectivity index (χ2v) is 8.38. The first-order chi connectivity index (χ1) is 11.6. The molecular weight excluding hydrogens is 322 g/mol. The molecule has 1 saturated heterocycles. The number of aliphatic hydroxyl groups is 1. The van der Waals surface area contributed by atoms with Crippen LogP contribution in [0.1, 0.15) is 66.2 Å². The van der Waals surface area contributed by atoms with Crippen LogP contribution < -0.4 is 0 Å². The lowest BCUT2D eigenvalue weighted by molar-refractivity contribution is -0.152. The summed E-state index contributed by atoms with van der Waals surface area (Å²) in [5, 5.41) is 11.1. The zero-order valence-corrected chi connectivity index (χ0v) is 16.0. The summed E-state index contributed by atoms with van der Waals surface area (Å²) >= 11 is 0. The van der Waals surface area contributed by atoms with Gasteiger partial charge in [0.15, 0.2) is 0 Å². The molecule has 1 amide bonds. The highest BCUT2D eigenvalue weighted by Gasteiger charge is 2.44. The van der Waals surface area contributed by atoms with E-state index in [1.165, 1.54) is 0 Å². The molecule has 0 aromatic rings. The van der Waals surface area contributed by atoms with E-state index < -0.39 is 11.2 Å². The van der Waals surface area contributed by atoms with Gasteiger partial charge in [-0.3, -0.25) is 4.79 Å². The Kier molecular flexibility index (Phi) is 6.35. The number of rotatable bonds is 3. The molecule has 25 heavy (non-hydrogen) atoms. The molecule has 144 valence electrons. The van der Waals surface area contributed by atoms with Crippen molar-refractivity contribution in [2.75, 3.05) is 19.7 Å². The highest BCUT2D eigenvalue weighted by molar-refractivity contribution is 5.72. The van der Waals surface area contributed by atoms with Gasteiger partial charge in [0.2, 0.25) is 0 Å². The molecule has 1 N–H and O–H groups in total. The number of piperidine rings is 1. The number of nitrogens with zero attached hydrogens (tertiary/aromatic N) is 1. The van der Waals surface area contributed by atoms with Crippen LogP contribution in [0.25, 0.3) is 0 Å². The zero-order valence-electron chi connectivity index (χ0n) is 16.0. The lowest BCUT2D eigenvalue weighted by Gasteiger charge is -2.45. The van der Waals surface area contributed by atoms with Crippen LogP contribution in [0, 0.1) is 11.8 Å². The Morgan fingerprint density at radius 2 is 1.84 bits per heavy atom. The van der Waals surface area contributed by atoms with Crippen molar-refractivity contribution in [3.05, 3.63) is 0 Å². The molecule has 1 aliphatic heterocycles. The van der Waals surface area contributed by atoms with Crippen LogP contribution in [0.15, 0.2) is 0 Å². The van der Waals surface area contributed by atoms with E-state index >= 15 is 0 Å². The Balaban J connectivity index is 1.91. The summed E-state index contributed by atoms with van der Waals surface area (Å²) in [6, 6.07) is 0. The standard InChI is InChI=1S/C19H33NO5/c1-5-24-16(21)14-7-6-8-15(13-14)19(23)9-11-20(12-10-19)17(22)25-18(2,3)4/h14-15,23H,5-13H2,1-4H3/t14-,15-/m1/s1. The highest BCUT2D eigenvalue weighted by Crippen LogP contribution is 2.41. The maximum Gasteiger partial charge on any atom is 0.410 e. The molecule has 2 aliphatic rings. The second kappa shape index (κ2) is 7.94. The van der Waals surface area contributed by atoms with E-state index in [2.05, 4.69) is 0 Å². The molecular formula is C19H33NO5. The summed E-state index contributed by atoms with van der Waals surface area (Å²) in [6.45, 7) is 8.75. The first kappa shape index (κ1) is 20.0. The Hall–Kier alpha value is -1.30. The van der Waals surface area contributed by atoms with Crippen molar-refractivity contribution < 1.29 is 24.2 Å². The molecule has 0 aromatic carbocycles. The van der Waals surface area contributed by atoms with Gasteiger partial charge in [-0.25, -0.2) is 4.79 Å². The largest absolute Gasteiger partial charge is 0.466 e. The van der Waals surface area contributed by atoms with Gasteiger partial charge in [-0.2, -0.15) is 0 Å². The van der Waals surface area contributed by atoms with Crippen molar-refractivity contribution in [1.29, 1.82) is 0 Å². The number of likely N-dealkylation sites (tertiary alicyclic amines) is 1. The molecule has 0 aromatic heterocycles. The van der Waals surface area contributed by atoms with Crippen LogP contribution in [0.3, 0.4) is 0 Å². The summed E-state index contributed by atoms with van der Waals surface area (Å²) < 4.78 is 10.6. The van der Waals surface area contributed by atoms with E-state index in [0.717, 1.165) is 19.3 Å². The summed E-state index contributed by atoms with van der Waals surface area (Å²) in [5.41, 5.74) is -1.31. The number of esters is 1. The van der Waals surface area contributed by atoms with Crippen molar-refractivity contribution in [2.45, 2.75) is 77.4 Å². The van der Waals surface area contributed by atoms with Crippen LogP contribution in [0.5, 0.6) is 0 Å². The molecule has 0 radical (unpaired) electrons. The molecule has 0 bridgehead atoms. The van der Waals surface area contributed by atoms with Crippen molar-refractivity contribution in [3.63, 3.8) is 0 Å². The number of hydrogen-bond donors (Lipinski definition) is 1. The monoisotopic (exact) mass is 355 g/mol. The molecule has 1 saturated carbocycles. The van der Waals surface area contributed by atoms with Crippen LogP contribution in [0.4, 0.5) is 4.79 Å². The molecule has 6 heteroatoms. The number of carbonyl (C=O) groups is 2. The van der Waals surface area contributed by atoms with Gasteiger partial charge in [0, 0.05) is 13.1 Å². The Bertz CT molecular complexity index is 477. The average molecular weight is 355 g/mol. The number of carbonyl (C=O) groups excluding carboxylic acids is 2. The molecule has 2 fully saturated rings. The first-order valence-corrected chi connectivity index (χ1v) is 9.51. The molecule has 1 aliphatic carbocycles. The van der Waals surface area contributed by atoms with E-state index in [1.807, 2.05) is 27.7 Å². The van der Waals surface area contributed by atoms with Crippen LogP contribution in [-0.2, 0) is 14.3 Å². The third-order valence-electron chi connectivity index (χ3n) is 5.34. The number of ether oxygens (including phenoxy) is 2. The predicted molar refractivity (Wildman–Crippen MR) is 94.1 cm³/mol. The van der Waals surface area contributed by atoms with Gasteiger partial charge in [-0.15, -0.1) is 0 Å².